The van der Waals surface area contributed by atoms with E-state index < -0.39 is 0 Å². The van der Waals surface area contributed by atoms with Gasteiger partial charge < -0.3 is 5.32 Å². The summed E-state index contributed by atoms with van der Waals surface area (Å²) in [6, 6.07) is 8.10. The summed E-state index contributed by atoms with van der Waals surface area (Å²) in [4.78, 5) is 17.4. The van der Waals surface area contributed by atoms with Crippen LogP contribution >= 0.6 is 22.9 Å². The van der Waals surface area contributed by atoms with Crippen molar-refractivity contribution in [2.75, 3.05) is 18.4 Å². The average Bonchev–Trinajstić information content (AvgIpc) is 3.01. The highest BCUT2D eigenvalue weighted by molar-refractivity contribution is 7.15. The van der Waals surface area contributed by atoms with Crippen LogP contribution in [0.4, 0.5) is 10.9 Å². The number of nitrogens with one attached hydrogen (secondary N) is 1. The van der Waals surface area contributed by atoms with Crippen LogP contribution in [0, 0.1) is 13.8 Å². The molecule has 0 aliphatic carbocycles. The topological polar surface area (TPSA) is 53.9 Å². The highest BCUT2D eigenvalue weighted by atomic mass is 35.5. The predicted molar refractivity (Wildman–Crippen MR) is 116 cm³/mol. The van der Waals surface area contributed by atoms with E-state index in [0.29, 0.717) is 5.92 Å². The molecule has 3 aromatic rings. The molecular weight excluding hydrogens is 390 g/mol. The molecule has 1 N–H and O–H groups in total. The third kappa shape index (κ3) is 4.51. The molecule has 1 aliphatic rings. The van der Waals surface area contributed by atoms with Crippen molar-refractivity contribution in [3.05, 3.63) is 63.5 Å². The summed E-state index contributed by atoms with van der Waals surface area (Å²) in [5.41, 5.74) is 3.32. The zero-order chi connectivity index (χ0) is 19.5. The minimum atomic E-state index is 0.441. The van der Waals surface area contributed by atoms with E-state index in [0.717, 1.165) is 59.8 Å². The monoisotopic (exact) mass is 413 g/mol. The Morgan fingerprint density at radius 1 is 1.14 bits per heavy atom. The molecule has 0 saturated carbocycles. The van der Waals surface area contributed by atoms with Crippen LogP contribution < -0.4 is 5.32 Å². The maximum Gasteiger partial charge on any atom is 0.188 e. The fraction of sp³-hybridized carbons (Fsp3) is 0.381. The van der Waals surface area contributed by atoms with Gasteiger partial charge in [-0.15, -0.1) is 11.3 Å². The average molecular weight is 414 g/mol. The number of rotatable bonds is 5. The molecule has 0 spiro atoms. The normalized spacial score (nSPS) is 15.7. The van der Waals surface area contributed by atoms with Crippen molar-refractivity contribution in [1.29, 1.82) is 0 Å². The molecule has 0 amide bonds. The fourth-order valence-corrected chi connectivity index (χ4v) is 4.55. The fourth-order valence-electron chi connectivity index (χ4n) is 3.53. The summed E-state index contributed by atoms with van der Waals surface area (Å²) in [7, 11) is 0. The van der Waals surface area contributed by atoms with E-state index in [9.17, 15) is 0 Å². The highest BCUT2D eigenvalue weighted by Gasteiger charge is 2.22. The largest absolute Gasteiger partial charge is 0.315 e. The van der Waals surface area contributed by atoms with Crippen LogP contribution in [0.25, 0.3) is 0 Å². The second-order valence-corrected chi connectivity index (χ2v) is 8.87. The van der Waals surface area contributed by atoms with Crippen LogP contribution in [0.2, 0.25) is 5.02 Å². The number of piperidine rings is 1. The smallest absolute Gasteiger partial charge is 0.188 e. The van der Waals surface area contributed by atoms with Crippen LogP contribution in [0.3, 0.4) is 0 Å². The van der Waals surface area contributed by atoms with Crippen molar-refractivity contribution in [3.63, 3.8) is 0 Å². The maximum atomic E-state index is 6.31. The van der Waals surface area contributed by atoms with E-state index in [-0.39, 0.29) is 0 Å². The van der Waals surface area contributed by atoms with E-state index in [1.165, 1.54) is 10.4 Å². The van der Waals surface area contributed by atoms with Crippen molar-refractivity contribution in [2.45, 2.75) is 39.2 Å². The number of thiazole rings is 1. The number of halogens is 1. The number of aryl methyl sites for hydroxylation is 2. The molecule has 28 heavy (non-hydrogen) atoms. The van der Waals surface area contributed by atoms with E-state index in [4.69, 9.17) is 16.6 Å². The van der Waals surface area contributed by atoms with Gasteiger partial charge in [0.2, 0.25) is 0 Å². The summed E-state index contributed by atoms with van der Waals surface area (Å²) in [6.45, 7) is 7.09. The van der Waals surface area contributed by atoms with E-state index in [1.807, 2.05) is 31.3 Å². The van der Waals surface area contributed by atoms with Gasteiger partial charge in [-0.2, -0.15) is 0 Å². The van der Waals surface area contributed by atoms with Crippen LogP contribution in [-0.4, -0.2) is 32.9 Å². The standard InChI is InChI=1S/C21H24ClN5S/c1-14-15(2)28-21(24-14)26-20-12-23-11-19(25-20)16-7-9-27(10-8-16)13-17-5-3-4-6-18(17)22/h3-6,11-12,16H,7-10,13H2,1-2H3,(H,24,25,26). The van der Waals surface area contributed by atoms with Gasteiger partial charge in [0.05, 0.1) is 17.6 Å². The lowest BCUT2D eigenvalue weighted by Crippen LogP contribution is -2.32. The zero-order valence-electron chi connectivity index (χ0n) is 16.2. The SMILES string of the molecule is Cc1nc(Nc2cncc(C3CCN(Cc4ccccc4Cl)CC3)n2)sc1C. The van der Waals surface area contributed by atoms with Crippen molar-refractivity contribution in [3.8, 4) is 0 Å². The molecule has 146 valence electrons. The molecule has 0 unspecified atom stereocenters. The number of aromatic nitrogens is 3. The minimum Gasteiger partial charge on any atom is -0.315 e. The molecule has 1 aliphatic heterocycles. The van der Waals surface area contributed by atoms with E-state index in [1.54, 1.807) is 17.5 Å². The first-order valence-electron chi connectivity index (χ1n) is 9.57. The number of hydrogen-bond donors (Lipinski definition) is 1. The Balaban J connectivity index is 1.37. The Morgan fingerprint density at radius 3 is 2.64 bits per heavy atom. The molecule has 0 radical (unpaired) electrons. The quantitative estimate of drug-likeness (QED) is 0.612. The minimum absolute atomic E-state index is 0.441. The van der Waals surface area contributed by atoms with Crippen LogP contribution in [0.15, 0.2) is 36.7 Å². The molecule has 0 bridgehead atoms. The van der Waals surface area contributed by atoms with Crippen molar-refractivity contribution >= 4 is 33.9 Å². The number of nitrogens with zero attached hydrogens (tertiary/aromatic N) is 4. The summed E-state index contributed by atoms with van der Waals surface area (Å²) in [6.07, 6.45) is 5.83. The van der Waals surface area contributed by atoms with Gasteiger partial charge in [-0.05, 0) is 51.4 Å². The van der Waals surface area contributed by atoms with Crippen molar-refractivity contribution in [2.24, 2.45) is 0 Å². The molecule has 7 heteroatoms. The van der Waals surface area contributed by atoms with Gasteiger partial charge in [0.15, 0.2) is 10.9 Å². The zero-order valence-corrected chi connectivity index (χ0v) is 17.7. The van der Waals surface area contributed by atoms with Gasteiger partial charge in [0.1, 0.15) is 0 Å². The highest BCUT2D eigenvalue weighted by Crippen LogP contribution is 2.29. The van der Waals surface area contributed by atoms with Crippen LogP contribution in [0.5, 0.6) is 0 Å². The molecular formula is C21H24ClN5S. The Bertz CT molecular complexity index is 930. The Hall–Kier alpha value is -2.02. The van der Waals surface area contributed by atoms with Crippen molar-refractivity contribution < 1.29 is 0 Å². The molecule has 1 fully saturated rings. The van der Waals surface area contributed by atoms with Gasteiger partial charge in [0, 0.05) is 28.6 Å². The molecule has 1 aromatic carbocycles. The summed E-state index contributed by atoms with van der Waals surface area (Å²) in [5, 5.41) is 5.02. The van der Waals surface area contributed by atoms with Crippen LogP contribution in [0.1, 0.15) is 40.6 Å². The summed E-state index contributed by atoms with van der Waals surface area (Å²) in [5.74, 6) is 1.21. The Morgan fingerprint density at radius 2 is 1.93 bits per heavy atom. The lowest BCUT2D eigenvalue weighted by atomic mass is 9.93. The first-order valence-corrected chi connectivity index (χ1v) is 10.8. The second kappa shape index (κ2) is 8.55. The Labute approximate surface area is 174 Å². The number of hydrogen-bond acceptors (Lipinski definition) is 6. The maximum absolute atomic E-state index is 6.31. The predicted octanol–water partition coefficient (Wildman–Crippen LogP) is 5.33. The van der Waals surface area contributed by atoms with E-state index in [2.05, 4.69) is 33.2 Å². The van der Waals surface area contributed by atoms with E-state index >= 15 is 0 Å². The summed E-state index contributed by atoms with van der Waals surface area (Å²) >= 11 is 7.95. The molecule has 4 rings (SSSR count). The van der Waals surface area contributed by atoms with Crippen molar-refractivity contribution in [1.82, 2.24) is 19.9 Å². The molecule has 1 saturated heterocycles. The third-order valence-electron chi connectivity index (χ3n) is 5.27. The molecule has 3 heterocycles. The lowest BCUT2D eigenvalue weighted by Gasteiger charge is -2.31. The van der Waals surface area contributed by atoms with Gasteiger partial charge in [0.25, 0.3) is 0 Å². The number of benzene rings is 1. The molecule has 0 atom stereocenters. The molecule has 2 aromatic heterocycles. The third-order valence-corrected chi connectivity index (χ3v) is 6.63. The Kier molecular flexibility index (Phi) is 5.90. The van der Waals surface area contributed by atoms with Gasteiger partial charge in [-0.3, -0.25) is 9.88 Å². The first kappa shape index (κ1) is 19.3. The number of likely N-dealkylation sites (tertiary alicyclic amines) is 1. The first-order chi connectivity index (χ1) is 13.6. The lowest BCUT2D eigenvalue weighted by molar-refractivity contribution is 0.203. The second-order valence-electron chi connectivity index (χ2n) is 7.26. The van der Waals surface area contributed by atoms with Gasteiger partial charge >= 0.3 is 0 Å². The summed E-state index contributed by atoms with van der Waals surface area (Å²) < 4.78 is 0. The van der Waals surface area contributed by atoms with Gasteiger partial charge in [-0.25, -0.2) is 9.97 Å². The van der Waals surface area contributed by atoms with Crippen LogP contribution in [-0.2, 0) is 6.54 Å². The molecule has 5 nitrogen and oxygen atoms in total. The van der Waals surface area contributed by atoms with Gasteiger partial charge in [-0.1, -0.05) is 29.8 Å². The number of anilines is 2.